The Morgan fingerprint density at radius 1 is 1.29 bits per heavy atom. The molecular weight excluding hydrogens is 332 g/mol. The van der Waals surface area contributed by atoms with E-state index < -0.39 is 11.6 Å². The van der Waals surface area contributed by atoms with E-state index in [4.69, 9.17) is 21.1 Å². The number of aromatic nitrogens is 2. The van der Waals surface area contributed by atoms with Gasteiger partial charge in [-0.05, 0) is 53.4 Å². The number of rotatable bonds is 4. The number of halogens is 1. The zero-order valence-electron chi connectivity index (χ0n) is 14.7. The highest BCUT2D eigenvalue weighted by atomic mass is 35.5. The predicted octanol–water partition coefficient (Wildman–Crippen LogP) is 3.79. The summed E-state index contributed by atoms with van der Waals surface area (Å²) >= 11 is 6.28. The van der Waals surface area contributed by atoms with E-state index in [0.717, 1.165) is 25.7 Å². The monoisotopic (exact) mass is 356 g/mol. The summed E-state index contributed by atoms with van der Waals surface area (Å²) in [5.74, 6) is -0.685. The van der Waals surface area contributed by atoms with Crippen LogP contribution in [0.5, 0.6) is 0 Å². The van der Waals surface area contributed by atoms with E-state index in [0.29, 0.717) is 11.8 Å². The Hall–Kier alpha value is -1.56. The second kappa shape index (κ2) is 7.55. The quantitative estimate of drug-likeness (QED) is 0.767. The van der Waals surface area contributed by atoms with Gasteiger partial charge < -0.3 is 9.47 Å². The summed E-state index contributed by atoms with van der Waals surface area (Å²) < 4.78 is 12.1. The molecule has 1 aromatic rings. The van der Waals surface area contributed by atoms with Gasteiger partial charge in [0.1, 0.15) is 16.3 Å². The van der Waals surface area contributed by atoms with Gasteiger partial charge in [0.15, 0.2) is 0 Å². The summed E-state index contributed by atoms with van der Waals surface area (Å²) in [5.41, 5.74) is -0.180. The highest BCUT2D eigenvalue weighted by Gasteiger charge is 2.32. The second-order valence-electron chi connectivity index (χ2n) is 7.05. The number of carbonyl (C=O) groups excluding carboxylic acids is 2. The highest BCUT2D eigenvalue weighted by molar-refractivity contribution is 6.32. The molecule has 0 bridgehead atoms. The Balaban J connectivity index is 1.98. The molecule has 0 atom stereocenters. The van der Waals surface area contributed by atoms with Gasteiger partial charge in [-0.15, -0.1) is 0 Å². The molecule has 0 aliphatic heterocycles. The number of hydrogen-bond acceptors (Lipinski definition) is 5. The molecule has 134 valence electrons. The van der Waals surface area contributed by atoms with Crippen molar-refractivity contribution in [2.75, 3.05) is 6.61 Å². The Kier molecular flexibility index (Phi) is 5.91. The average molecular weight is 357 g/mol. The van der Waals surface area contributed by atoms with Crippen LogP contribution < -0.4 is 0 Å². The topological polar surface area (TPSA) is 70.4 Å². The molecule has 1 fully saturated rings. The van der Waals surface area contributed by atoms with Crippen LogP contribution in [0.2, 0.25) is 5.15 Å². The average Bonchev–Trinajstić information content (AvgIpc) is 2.87. The van der Waals surface area contributed by atoms with Gasteiger partial charge >= 0.3 is 11.9 Å². The van der Waals surface area contributed by atoms with E-state index in [1.54, 1.807) is 11.6 Å². The fourth-order valence-electron chi connectivity index (χ4n) is 2.89. The van der Waals surface area contributed by atoms with Crippen molar-refractivity contribution in [3.8, 4) is 0 Å². The van der Waals surface area contributed by atoms with Crippen molar-refractivity contribution in [2.45, 2.75) is 65.0 Å². The first-order valence-electron chi connectivity index (χ1n) is 8.36. The minimum Gasteiger partial charge on any atom is -0.462 e. The molecule has 24 heavy (non-hydrogen) atoms. The molecule has 7 heteroatoms. The van der Waals surface area contributed by atoms with Gasteiger partial charge in [-0.3, -0.25) is 9.48 Å². The zero-order chi connectivity index (χ0) is 17.9. The smallest absolute Gasteiger partial charge is 0.342 e. The predicted molar refractivity (Wildman–Crippen MR) is 90.0 cm³/mol. The van der Waals surface area contributed by atoms with Crippen LogP contribution in [0.4, 0.5) is 0 Å². The first-order chi connectivity index (χ1) is 11.2. The second-order valence-corrected chi connectivity index (χ2v) is 7.41. The number of ether oxygens (including phenoxy) is 2. The van der Waals surface area contributed by atoms with Gasteiger partial charge in [0.25, 0.3) is 0 Å². The molecule has 0 spiro atoms. The summed E-state index contributed by atoms with van der Waals surface area (Å²) in [7, 11) is 0. The third-order valence-corrected chi connectivity index (χ3v) is 4.39. The molecule has 0 unspecified atom stereocenters. The normalized spacial score (nSPS) is 21.4. The summed E-state index contributed by atoms with van der Waals surface area (Å²) in [5, 5.41) is 4.54. The lowest BCUT2D eigenvalue weighted by Gasteiger charge is -2.30. The van der Waals surface area contributed by atoms with Crippen molar-refractivity contribution in [1.82, 2.24) is 9.78 Å². The van der Waals surface area contributed by atoms with Crippen LogP contribution in [-0.4, -0.2) is 33.9 Å². The molecule has 1 saturated carbocycles. The fraction of sp³-hybridized carbons (Fsp3) is 0.706. The molecule has 6 nitrogen and oxygen atoms in total. The molecule has 0 radical (unpaired) electrons. The van der Waals surface area contributed by atoms with Crippen LogP contribution >= 0.6 is 11.6 Å². The van der Waals surface area contributed by atoms with Crippen LogP contribution in [0.15, 0.2) is 6.20 Å². The lowest BCUT2D eigenvalue weighted by atomic mass is 9.86. The Bertz CT molecular complexity index is 598. The van der Waals surface area contributed by atoms with E-state index >= 15 is 0 Å². The van der Waals surface area contributed by atoms with Crippen molar-refractivity contribution in [1.29, 1.82) is 0 Å². The molecule has 0 saturated heterocycles. The van der Waals surface area contributed by atoms with Crippen LogP contribution in [0.25, 0.3) is 0 Å². The lowest BCUT2D eigenvalue weighted by Crippen LogP contribution is -2.31. The molecule has 1 aromatic heterocycles. The van der Waals surface area contributed by atoms with E-state index in [-0.39, 0.29) is 23.5 Å². The van der Waals surface area contributed by atoms with E-state index in [1.165, 1.54) is 6.20 Å². The van der Waals surface area contributed by atoms with Crippen molar-refractivity contribution >= 4 is 23.5 Å². The highest BCUT2D eigenvalue weighted by Crippen LogP contribution is 2.35. The van der Waals surface area contributed by atoms with Crippen LogP contribution in [0.3, 0.4) is 0 Å². The molecule has 0 amide bonds. The van der Waals surface area contributed by atoms with Gasteiger partial charge in [-0.2, -0.15) is 5.10 Å². The van der Waals surface area contributed by atoms with E-state index in [2.05, 4.69) is 5.10 Å². The summed E-state index contributed by atoms with van der Waals surface area (Å²) in [6.45, 7) is 7.65. The first kappa shape index (κ1) is 18.8. The molecule has 0 aromatic carbocycles. The molecular formula is C17H25ClN2O4. The largest absolute Gasteiger partial charge is 0.462 e. The number of carbonyl (C=O) groups is 2. The zero-order valence-corrected chi connectivity index (χ0v) is 15.4. The van der Waals surface area contributed by atoms with Gasteiger partial charge in [0.05, 0.1) is 24.8 Å². The maximum atomic E-state index is 12.2. The van der Waals surface area contributed by atoms with Gasteiger partial charge in [-0.1, -0.05) is 11.6 Å². The Morgan fingerprint density at radius 3 is 2.46 bits per heavy atom. The molecule has 1 aliphatic carbocycles. The minimum absolute atomic E-state index is 0.0827. The molecule has 2 rings (SSSR count). The van der Waals surface area contributed by atoms with Crippen molar-refractivity contribution < 1.29 is 19.1 Å². The minimum atomic E-state index is -0.465. The van der Waals surface area contributed by atoms with E-state index in [1.807, 2.05) is 20.8 Å². The van der Waals surface area contributed by atoms with Gasteiger partial charge in [-0.25, -0.2) is 4.79 Å². The maximum absolute atomic E-state index is 12.2. The summed E-state index contributed by atoms with van der Waals surface area (Å²) in [6, 6.07) is 0.0827. The standard InChI is InChI=1S/C17H25ClN2O4/c1-5-23-16(22)13-10-19-20(14(13)18)12-8-6-11(7-9-12)15(21)24-17(2,3)4/h10-12H,5-9H2,1-4H3. The Labute approximate surface area is 147 Å². The maximum Gasteiger partial charge on any atom is 0.342 e. The first-order valence-corrected chi connectivity index (χ1v) is 8.73. The summed E-state index contributed by atoms with van der Waals surface area (Å²) in [4.78, 5) is 24.0. The van der Waals surface area contributed by atoms with Crippen molar-refractivity contribution in [3.05, 3.63) is 16.9 Å². The van der Waals surface area contributed by atoms with Crippen molar-refractivity contribution in [3.63, 3.8) is 0 Å². The van der Waals surface area contributed by atoms with Crippen LogP contribution in [0, 0.1) is 5.92 Å². The van der Waals surface area contributed by atoms with Crippen molar-refractivity contribution in [2.24, 2.45) is 5.92 Å². The molecule has 0 N–H and O–H groups in total. The molecule has 1 aliphatic rings. The van der Waals surface area contributed by atoms with Crippen LogP contribution in [0.1, 0.15) is 69.8 Å². The number of nitrogens with zero attached hydrogens (tertiary/aromatic N) is 2. The summed E-state index contributed by atoms with van der Waals surface area (Å²) in [6.07, 6.45) is 4.44. The Morgan fingerprint density at radius 2 is 1.92 bits per heavy atom. The third kappa shape index (κ3) is 4.50. The SMILES string of the molecule is CCOC(=O)c1cnn(C2CCC(C(=O)OC(C)(C)C)CC2)c1Cl. The number of hydrogen-bond donors (Lipinski definition) is 0. The van der Waals surface area contributed by atoms with Gasteiger partial charge in [0.2, 0.25) is 0 Å². The number of esters is 2. The fourth-order valence-corrected chi connectivity index (χ4v) is 3.20. The van der Waals surface area contributed by atoms with E-state index in [9.17, 15) is 9.59 Å². The third-order valence-electron chi connectivity index (χ3n) is 4.01. The molecule has 1 heterocycles. The lowest BCUT2D eigenvalue weighted by molar-refractivity contribution is -0.161. The van der Waals surface area contributed by atoms with Gasteiger partial charge in [0, 0.05) is 0 Å². The van der Waals surface area contributed by atoms with Crippen LogP contribution in [-0.2, 0) is 14.3 Å².